The van der Waals surface area contributed by atoms with Crippen LogP contribution in [0.1, 0.15) is 15.4 Å². The Morgan fingerprint density at radius 2 is 1.79 bits per heavy atom. The number of methoxy groups -OCH3 is 2. The Kier molecular flexibility index (Phi) is 4.71. The Bertz CT molecular complexity index is 841. The zero-order valence-electron chi connectivity index (χ0n) is 14.0. The molecular formula is C19H20N2O2S. The molecule has 3 aromatic rings. The molecule has 3 rings (SSSR count). The van der Waals surface area contributed by atoms with E-state index in [4.69, 9.17) is 20.2 Å². The molecule has 0 bridgehead atoms. The first-order valence-corrected chi connectivity index (χ1v) is 8.45. The van der Waals surface area contributed by atoms with Crippen molar-refractivity contribution in [3.8, 4) is 22.8 Å². The Hall–Kier alpha value is -2.53. The molecule has 0 amide bonds. The lowest BCUT2D eigenvalue weighted by molar-refractivity contribution is 0.404. The molecule has 0 spiro atoms. The first-order valence-electron chi connectivity index (χ1n) is 7.64. The second kappa shape index (κ2) is 6.93. The van der Waals surface area contributed by atoms with Crippen LogP contribution >= 0.6 is 11.3 Å². The number of hydrogen-bond donors (Lipinski definition) is 1. The summed E-state index contributed by atoms with van der Waals surface area (Å²) in [6.07, 6.45) is 0.790. The van der Waals surface area contributed by atoms with Crippen LogP contribution in [0.15, 0.2) is 42.5 Å². The Balaban J connectivity index is 1.95. The number of nitrogen functional groups attached to an aromatic ring is 1. The van der Waals surface area contributed by atoms with Crippen molar-refractivity contribution in [2.45, 2.75) is 13.3 Å². The maximum atomic E-state index is 5.74. The van der Waals surface area contributed by atoms with Crippen LogP contribution in [0.25, 0.3) is 11.3 Å². The third-order valence-electron chi connectivity index (χ3n) is 3.84. The topological polar surface area (TPSA) is 57.4 Å². The Morgan fingerprint density at radius 1 is 1.04 bits per heavy atom. The van der Waals surface area contributed by atoms with Gasteiger partial charge in [-0.05, 0) is 42.8 Å². The first kappa shape index (κ1) is 16.3. The maximum Gasteiger partial charge on any atom is 0.128 e. The van der Waals surface area contributed by atoms with Crippen LogP contribution in [-0.2, 0) is 6.42 Å². The number of aryl methyl sites for hydroxylation is 1. The van der Waals surface area contributed by atoms with E-state index in [-0.39, 0.29) is 0 Å². The third kappa shape index (κ3) is 3.36. The van der Waals surface area contributed by atoms with Crippen LogP contribution < -0.4 is 15.2 Å². The van der Waals surface area contributed by atoms with Gasteiger partial charge in [-0.1, -0.05) is 12.1 Å². The molecule has 0 atom stereocenters. The molecule has 0 saturated heterocycles. The molecule has 2 N–H and O–H groups in total. The summed E-state index contributed by atoms with van der Waals surface area (Å²) in [4.78, 5) is 5.99. The summed E-state index contributed by atoms with van der Waals surface area (Å²) in [5.41, 5.74) is 9.61. The van der Waals surface area contributed by atoms with E-state index in [9.17, 15) is 0 Å². The van der Waals surface area contributed by atoms with Crippen molar-refractivity contribution in [3.63, 3.8) is 0 Å². The summed E-state index contributed by atoms with van der Waals surface area (Å²) < 4.78 is 10.8. The molecule has 0 saturated carbocycles. The van der Waals surface area contributed by atoms with Gasteiger partial charge in [0, 0.05) is 22.5 Å². The van der Waals surface area contributed by atoms with E-state index < -0.39 is 0 Å². The van der Waals surface area contributed by atoms with Crippen molar-refractivity contribution < 1.29 is 9.47 Å². The van der Waals surface area contributed by atoms with Crippen LogP contribution in [0.3, 0.4) is 0 Å². The van der Waals surface area contributed by atoms with E-state index in [2.05, 4.69) is 6.92 Å². The number of thiazole rings is 1. The van der Waals surface area contributed by atoms with Crippen LogP contribution in [0.5, 0.6) is 11.5 Å². The lowest BCUT2D eigenvalue weighted by atomic mass is 10.1. The summed E-state index contributed by atoms with van der Waals surface area (Å²) in [7, 11) is 3.33. The van der Waals surface area contributed by atoms with Gasteiger partial charge in [0.05, 0.1) is 24.9 Å². The largest absolute Gasteiger partial charge is 0.497 e. The number of ether oxygens (including phenoxy) is 2. The Morgan fingerprint density at radius 3 is 2.46 bits per heavy atom. The highest BCUT2D eigenvalue weighted by molar-refractivity contribution is 7.12. The molecule has 1 aromatic heterocycles. The summed E-state index contributed by atoms with van der Waals surface area (Å²) in [5.74, 6) is 1.58. The molecule has 124 valence electrons. The number of rotatable bonds is 5. The quantitative estimate of drug-likeness (QED) is 0.703. The maximum absolute atomic E-state index is 5.74. The highest BCUT2D eigenvalue weighted by Gasteiger charge is 2.15. The number of anilines is 1. The van der Waals surface area contributed by atoms with Crippen molar-refractivity contribution in [3.05, 3.63) is 57.9 Å². The van der Waals surface area contributed by atoms with Crippen molar-refractivity contribution in [1.29, 1.82) is 0 Å². The lowest BCUT2D eigenvalue weighted by Gasteiger charge is -2.09. The fourth-order valence-electron chi connectivity index (χ4n) is 2.59. The first-order chi connectivity index (χ1) is 11.6. The summed E-state index contributed by atoms with van der Waals surface area (Å²) in [6, 6.07) is 13.7. The zero-order valence-corrected chi connectivity index (χ0v) is 14.8. The van der Waals surface area contributed by atoms with Gasteiger partial charge < -0.3 is 15.2 Å². The average molecular weight is 340 g/mol. The van der Waals surface area contributed by atoms with Crippen molar-refractivity contribution in [2.75, 3.05) is 20.0 Å². The second-order valence-electron chi connectivity index (χ2n) is 5.50. The molecule has 0 fully saturated rings. The van der Waals surface area contributed by atoms with Crippen molar-refractivity contribution in [2.24, 2.45) is 0 Å². The molecule has 24 heavy (non-hydrogen) atoms. The molecular weight excluding hydrogens is 320 g/mol. The smallest absolute Gasteiger partial charge is 0.128 e. The van der Waals surface area contributed by atoms with Crippen LogP contribution in [-0.4, -0.2) is 19.2 Å². The fraction of sp³-hybridized carbons (Fsp3) is 0.211. The van der Waals surface area contributed by atoms with Crippen LogP contribution in [0.4, 0.5) is 5.69 Å². The van der Waals surface area contributed by atoms with Gasteiger partial charge in [0.25, 0.3) is 0 Å². The van der Waals surface area contributed by atoms with Gasteiger partial charge in [-0.15, -0.1) is 11.3 Å². The van der Waals surface area contributed by atoms with E-state index in [1.807, 2.05) is 42.5 Å². The standard InChI is InChI=1S/C19H20N2O2S/c1-12-19(16-11-15(22-2)8-9-17(16)23-3)21-18(24-12)10-13-4-6-14(20)7-5-13/h4-9,11H,10,20H2,1-3H3. The molecule has 0 aliphatic carbocycles. The van der Waals surface area contributed by atoms with Gasteiger partial charge in [0.15, 0.2) is 0 Å². The van der Waals surface area contributed by atoms with E-state index >= 15 is 0 Å². The van der Waals surface area contributed by atoms with Gasteiger partial charge in [-0.2, -0.15) is 0 Å². The number of hydrogen-bond acceptors (Lipinski definition) is 5. The number of aromatic nitrogens is 1. The normalized spacial score (nSPS) is 10.6. The number of nitrogens with two attached hydrogens (primary N) is 1. The summed E-state index contributed by atoms with van der Waals surface area (Å²) in [5, 5.41) is 1.07. The highest BCUT2D eigenvalue weighted by atomic mass is 32.1. The lowest BCUT2D eigenvalue weighted by Crippen LogP contribution is -1.92. The molecule has 0 radical (unpaired) electrons. The molecule has 2 aromatic carbocycles. The summed E-state index contributed by atoms with van der Waals surface area (Å²) in [6.45, 7) is 2.08. The van der Waals surface area contributed by atoms with Gasteiger partial charge in [0.2, 0.25) is 0 Å². The van der Waals surface area contributed by atoms with E-state index in [0.29, 0.717) is 0 Å². The minimum atomic E-state index is 0.774. The van der Waals surface area contributed by atoms with E-state index in [1.54, 1.807) is 25.6 Å². The monoisotopic (exact) mass is 340 g/mol. The molecule has 5 heteroatoms. The third-order valence-corrected chi connectivity index (χ3v) is 4.81. The van der Waals surface area contributed by atoms with Gasteiger partial charge in [-0.3, -0.25) is 0 Å². The highest BCUT2D eigenvalue weighted by Crippen LogP contribution is 2.37. The van der Waals surface area contributed by atoms with Gasteiger partial charge in [0.1, 0.15) is 11.5 Å². The van der Waals surface area contributed by atoms with Gasteiger partial charge in [-0.25, -0.2) is 4.98 Å². The Labute approximate surface area is 145 Å². The molecule has 0 aliphatic rings. The zero-order chi connectivity index (χ0) is 17.1. The predicted octanol–water partition coefficient (Wildman–Crippen LogP) is 4.31. The minimum absolute atomic E-state index is 0.774. The van der Waals surface area contributed by atoms with Crippen molar-refractivity contribution >= 4 is 17.0 Å². The van der Waals surface area contributed by atoms with E-state index in [0.717, 1.165) is 44.7 Å². The predicted molar refractivity (Wildman–Crippen MR) is 99.1 cm³/mol. The summed E-state index contributed by atoms with van der Waals surface area (Å²) >= 11 is 1.70. The number of benzene rings is 2. The second-order valence-corrected chi connectivity index (χ2v) is 6.78. The van der Waals surface area contributed by atoms with E-state index in [1.165, 1.54) is 5.56 Å². The average Bonchev–Trinajstić information content (AvgIpc) is 2.96. The SMILES string of the molecule is COc1ccc(OC)c(-c2nc(Cc3ccc(N)cc3)sc2C)c1. The molecule has 1 heterocycles. The van der Waals surface area contributed by atoms with Crippen LogP contribution in [0.2, 0.25) is 0 Å². The molecule has 4 nitrogen and oxygen atoms in total. The number of nitrogens with zero attached hydrogens (tertiary/aromatic N) is 1. The van der Waals surface area contributed by atoms with Crippen LogP contribution in [0, 0.1) is 6.92 Å². The minimum Gasteiger partial charge on any atom is -0.497 e. The van der Waals surface area contributed by atoms with Gasteiger partial charge >= 0.3 is 0 Å². The fourth-order valence-corrected chi connectivity index (χ4v) is 3.57. The van der Waals surface area contributed by atoms with Crippen molar-refractivity contribution in [1.82, 2.24) is 4.98 Å². The molecule has 0 aliphatic heterocycles. The molecule has 0 unspecified atom stereocenters.